The number of carbonyl (C=O) groups is 1. The van der Waals surface area contributed by atoms with Gasteiger partial charge in [0.1, 0.15) is 6.17 Å². The van der Waals surface area contributed by atoms with E-state index in [1.54, 1.807) is 5.01 Å². The summed E-state index contributed by atoms with van der Waals surface area (Å²) < 4.78 is 13.9. The van der Waals surface area contributed by atoms with E-state index in [9.17, 15) is 9.18 Å². The Morgan fingerprint density at radius 3 is 2.78 bits per heavy atom. The topological polar surface area (TPSA) is 97.7 Å². The minimum absolute atomic E-state index is 0.0193. The normalized spacial score (nSPS) is 44.0. The van der Waals surface area contributed by atoms with Crippen LogP contribution in [0.3, 0.4) is 0 Å². The number of carbonyl (C=O) groups excluding carboxylic acids is 1. The largest absolute Gasteiger partial charge is 0.351 e. The van der Waals surface area contributed by atoms with E-state index in [1.807, 2.05) is 11.9 Å². The maximum absolute atomic E-state index is 13.9. The van der Waals surface area contributed by atoms with Crippen LogP contribution >= 0.6 is 0 Å². The van der Waals surface area contributed by atoms with Crippen LogP contribution in [0.1, 0.15) is 19.3 Å². The second kappa shape index (κ2) is 8.26. The zero-order chi connectivity index (χ0) is 19.0. The molecule has 8 nitrogen and oxygen atoms in total. The van der Waals surface area contributed by atoms with E-state index in [1.165, 1.54) is 12.8 Å². The average Bonchev–Trinajstić information content (AvgIpc) is 2.99. The summed E-state index contributed by atoms with van der Waals surface area (Å²) in [5, 5.41) is 12.0. The molecule has 0 bridgehead atoms. The number of hydrazine groups is 1. The molecule has 7 atom stereocenters. The van der Waals surface area contributed by atoms with Gasteiger partial charge in [-0.05, 0) is 57.8 Å². The Morgan fingerprint density at radius 1 is 1.19 bits per heavy atom. The van der Waals surface area contributed by atoms with Crippen molar-refractivity contribution in [2.75, 3.05) is 46.3 Å². The Kier molecular flexibility index (Phi) is 5.96. The van der Waals surface area contributed by atoms with Crippen molar-refractivity contribution < 1.29 is 9.18 Å². The first-order valence-corrected chi connectivity index (χ1v) is 10.4. The Hall–Kier alpha value is -0.840. The van der Waals surface area contributed by atoms with Gasteiger partial charge in [0.05, 0.1) is 18.2 Å². The molecule has 9 heteroatoms. The highest BCUT2D eigenvalue weighted by Gasteiger charge is 2.50. The van der Waals surface area contributed by atoms with Crippen LogP contribution in [0.25, 0.3) is 0 Å². The lowest BCUT2D eigenvalue weighted by Gasteiger charge is -2.42. The predicted octanol–water partition coefficient (Wildman–Crippen LogP) is -1.59. The van der Waals surface area contributed by atoms with Crippen LogP contribution in [0.5, 0.6) is 0 Å². The van der Waals surface area contributed by atoms with Crippen molar-refractivity contribution in [1.82, 2.24) is 31.3 Å². The zero-order valence-corrected chi connectivity index (χ0v) is 16.2. The Bertz CT molecular complexity index is 532. The summed E-state index contributed by atoms with van der Waals surface area (Å²) in [6.45, 7) is 4.56. The molecule has 1 amide bonds. The van der Waals surface area contributed by atoms with Gasteiger partial charge in [-0.25, -0.2) is 14.8 Å². The van der Waals surface area contributed by atoms with Gasteiger partial charge < -0.3 is 21.7 Å². The van der Waals surface area contributed by atoms with Gasteiger partial charge in [0.2, 0.25) is 5.91 Å². The lowest BCUT2D eigenvalue weighted by atomic mass is 9.77. The third kappa shape index (κ3) is 3.99. The van der Waals surface area contributed by atoms with Crippen molar-refractivity contribution >= 4 is 5.91 Å². The number of alkyl halides is 1. The van der Waals surface area contributed by atoms with Gasteiger partial charge in [-0.2, -0.15) is 0 Å². The molecule has 4 aliphatic rings. The molecule has 0 aliphatic carbocycles. The molecule has 0 aromatic carbocycles. The number of amides is 1. The van der Waals surface area contributed by atoms with E-state index < -0.39 is 18.3 Å². The van der Waals surface area contributed by atoms with E-state index in [-0.39, 0.29) is 24.7 Å². The zero-order valence-electron chi connectivity index (χ0n) is 16.2. The monoisotopic (exact) mass is 383 g/mol. The van der Waals surface area contributed by atoms with Gasteiger partial charge in [0, 0.05) is 25.7 Å². The number of rotatable bonds is 3. The van der Waals surface area contributed by atoms with E-state index >= 15 is 0 Å². The van der Waals surface area contributed by atoms with E-state index in [0.717, 1.165) is 32.6 Å². The average molecular weight is 384 g/mol. The molecule has 4 rings (SSSR count). The third-order valence-electron chi connectivity index (χ3n) is 6.78. The maximum atomic E-state index is 13.9. The fourth-order valence-corrected chi connectivity index (χ4v) is 5.51. The summed E-state index contributed by atoms with van der Waals surface area (Å²) in [4.78, 5) is 15.1. The molecule has 4 fully saturated rings. The summed E-state index contributed by atoms with van der Waals surface area (Å²) in [6, 6.07) is 0.125. The number of nitrogens with zero attached hydrogens (tertiary/aromatic N) is 2. The van der Waals surface area contributed by atoms with Crippen LogP contribution in [0.4, 0.5) is 4.39 Å². The first-order valence-electron chi connectivity index (χ1n) is 10.4. The van der Waals surface area contributed by atoms with Gasteiger partial charge in [-0.15, -0.1) is 0 Å². The molecule has 0 radical (unpaired) electrons. The number of nitrogens with one attached hydrogen (secondary N) is 4. The highest BCUT2D eigenvalue weighted by atomic mass is 19.1. The van der Waals surface area contributed by atoms with E-state index in [4.69, 9.17) is 5.73 Å². The van der Waals surface area contributed by atoms with Gasteiger partial charge in [-0.3, -0.25) is 9.69 Å². The molecule has 4 heterocycles. The molecule has 7 unspecified atom stereocenters. The first kappa shape index (κ1) is 19.5. The number of hydrogen-bond acceptors (Lipinski definition) is 7. The third-order valence-corrected chi connectivity index (χ3v) is 6.78. The molecular weight excluding hydrogens is 349 g/mol. The number of nitrogens with two attached hydrogens (primary N) is 1. The standard InChI is InChI=1S/C18H34FN7O/c1-25-9-12(19)10-26-18(25)15(16(20)24-26)17(27)23-14-8-22-6-4-13(14)11-3-2-5-21-7-11/h11-16,18,21-22,24H,2-10,20H2,1H3,(H,23,27). The van der Waals surface area contributed by atoms with Gasteiger partial charge in [-0.1, -0.05) is 0 Å². The summed E-state index contributed by atoms with van der Waals surface area (Å²) in [5.41, 5.74) is 9.34. The Labute approximate surface area is 160 Å². The van der Waals surface area contributed by atoms with Crippen molar-refractivity contribution in [3.63, 3.8) is 0 Å². The van der Waals surface area contributed by atoms with E-state index in [0.29, 0.717) is 18.4 Å². The van der Waals surface area contributed by atoms with Crippen LogP contribution in [0, 0.1) is 17.8 Å². The SMILES string of the molecule is CN1CC(F)CN2NC(N)C(C(=O)NC3CNCCC3C3CCCNC3)C12. The van der Waals surface area contributed by atoms with Crippen LogP contribution in [0.15, 0.2) is 0 Å². The molecule has 4 aliphatic heterocycles. The number of halogens is 1. The van der Waals surface area contributed by atoms with Crippen LogP contribution in [-0.2, 0) is 4.79 Å². The van der Waals surface area contributed by atoms with Crippen molar-refractivity contribution in [3.8, 4) is 0 Å². The number of hydrogen-bond donors (Lipinski definition) is 5. The molecular formula is C18H34FN7O. The Morgan fingerprint density at radius 2 is 2.00 bits per heavy atom. The van der Waals surface area contributed by atoms with Crippen molar-refractivity contribution in [2.24, 2.45) is 23.5 Å². The molecule has 0 saturated carbocycles. The molecule has 6 N–H and O–H groups in total. The number of fused-ring (bicyclic) bond motifs is 1. The lowest BCUT2D eigenvalue weighted by Crippen LogP contribution is -2.61. The molecule has 154 valence electrons. The van der Waals surface area contributed by atoms with Crippen molar-refractivity contribution in [2.45, 2.75) is 43.8 Å². The maximum Gasteiger partial charge on any atom is 0.229 e. The quantitative estimate of drug-likeness (QED) is 0.401. The first-order chi connectivity index (χ1) is 13.0. The highest BCUT2D eigenvalue weighted by Crippen LogP contribution is 2.30. The summed E-state index contributed by atoms with van der Waals surface area (Å²) >= 11 is 0. The summed E-state index contributed by atoms with van der Waals surface area (Å²) in [7, 11) is 1.86. The second-order valence-corrected chi connectivity index (χ2v) is 8.66. The molecule has 0 aromatic rings. The minimum Gasteiger partial charge on any atom is -0.351 e. The van der Waals surface area contributed by atoms with E-state index in [2.05, 4.69) is 21.4 Å². The van der Waals surface area contributed by atoms with Crippen LogP contribution < -0.4 is 27.1 Å². The van der Waals surface area contributed by atoms with Gasteiger partial charge >= 0.3 is 0 Å². The smallest absolute Gasteiger partial charge is 0.229 e. The second-order valence-electron chi connectivity index (χ2n) is 8.66. The molecule has 0 spiro atoms. The minimum atomic E-state index is -0.932. The fraction of sp³-hybridized carbons (Fsp3) is 0.944. The van der Waals surface area contributed by atoms with Gasteiger partial charge in [0.15, 0.2) is 0 Å². The molecule has 27 heavy (non-hydrogen) atoms. The number of piperidine rings is 2. The summed E-state index contributed by atoms with van der Waals surface area (Å²) in [5.74, 6) is 0.676. The fourth-order valence-electron chi connectivity index (χ4n) is 5.51. The molecule has 4 saturated heterocycles. The lowest BCUT2D eigenvalue weighted by molar-refractivity contribution is -0.131. The molecule has 0 aromatic heterocycles. The van der Waals surface area contributed by atoms with Crippen molar-refractivity contribution in [3.05, 3.63) is 0 Å². The predicted molar refractivity (Wildman–Crippen MR) is 101 cm³/mol. The van der Waals surface area contributed by atoms with Crippen LogP contribution in [0.2, 0.25) is 0 Å². The van der Waals surface area contributed by atoms with Crippen molar-refractivity contribution in [1.29, 1.82) is 0 Å². The van der Waals surface area contributed by atoms with Gasteiger partial charge in [0.25, 0.3) is 0 Å². The Balaban J connectivity index is 1.43. The summed E-state index contributed by atoms with van der Waals surface area (Å²) in [6.07, 6.45) is 1.90. The highest BCUT2D eigenvalue weighted by molar-refractivity contribution is 5.80. The van der Waals surface area contributed by atoms with Crippen LogP contribution in [-0.4, -0.2) is 86.7 Å².